The minimum absolute atomic E-state index is 0.00653. The standard InChI is InChI=1S/C33H36N4O9S2/c1-32(2)24(36-20(38)15-21(36)47-32)29(41)45-17-46-30(42)25-33(3,4)48-28-23(27(40)37(25)28)34-26(39)22(19-13-9-6-10-14-19)35-31(43)44-16-18-11-7-5-8-12-18/h5-14,21-25,28H,15-17H2,1-4H3,(H,34,39)(H,35,43)/t21-,22?,23-,24+,25+,28-/m1/s1. The Morgan fingerprint density at radius 3 is 2.04 bits per heavy atom. The molecule has 0 saturated carbocycles. The van der Waals surface area contributed by atoms with Crippen LogP contribution in [0.5, 0.6) is 0 Å². The van der Waals surface area contributed by atoms with Crippen LogP contribution in [0.1, 0.15) is 51.3 Å². The Bertz CT molecular complexity index is 1620. The summed E-state index contributed by atoms with van der Waals surface area (Å²) in [5.41, 5.74) is 1.26. The number of amides is 4. The van der Waals surface area contributed by atoms with E-state index in [1.807, 2.05) is 32.0 Å². The van der Waals surface area contributed by atoms with Crippen molar-refractivity contribution < 1.29 is 43.0 Å². The van der Waals surface area contributed by atoms with Gasteiger partial charge in [-0.1, -0.05) is 60.7 Å². The van der Waals surface area contributed by atoms with Gasteiger partial charge in [-0.2, -0.15) is 0 Å². The van der Waals surface area contributed by atoms with Crippen molar-refractivity contribution in [1.29, 1.82) is 0 Å². The zero-order valence-electron chi connectivity index (χ0n) is 26.7. The average molecular weight is 697 g/mol. The van der Waals surface area contributed by atoms with E-state index in [1.54, 1.807) is 56.3 Å². The van der Waals surface area contributed by atoms with E-state index in [0.717, 1.165) is 5.56 Å². The van der Waals surface area contributed by atoms with Crippen molar-refractivity contribution in [1.82, 2.24) is 20.4 Å². The Balaban J connectivity index is 1.06. The number of ether oxygens (including phenoxy) is 3. The van der Waals surface area contributed by atoms with Crippen LogP contribution in [-0.4, -0.2) is 90.7 Å². The van der Waals surface area contributed by atoms with Crippen LogP contribution in [0, 0.1) is 0 Å². The van der Waals surface area contributed by atoms with Gasteiger partial charge in [-0.3, -0.25) is 14.4 Å². The number of rotatable bonds is 10. The van der Waals surface area contributed by atoms with Gasteiger partial charge in [0.15, 0.2) is 0 Å². The maximum atomic E-state index is 13.6. The van der Waals surface area contributed by atoms with E-state index in [1.165, 1.54) is 33.3 Å². The van der Waals surface area contributed by atoms with Crippen LogP contribution in [0.15, 0.2) is 60.7 Å². The summed E-state index contributed by atoms with van der Waals surface area (Å²) in [7, 11) is 0. The Morgan fingerprint density at radius 2 is 1.42 bits per heavy atom. The molecule has 0 aromatic heterocycles. The zero-order valence-corrected chi connectivity index (χ0v) is 28.4. The van der Waals surface area contributed by atoms with Gasteiger partial charge in [0.2, 0.25) is 24.5 Å². The van der Waals surface area contributed by atoms with E-state index < -0.39 is 75.7 Å². The summed E-state index contributed by atoms with van der Waals surface area (Å²) >= 11 is 2.85. The Kier molecular flexibility index (Phi) is 9.11. The number of thioether (sulfide) groups is 2. The molecule has 4 fully saturated rings. The predicted molar refractivity (Wildman–Crippen MR) is 175 cm³/mol. The molecule has 2 N–H and O–H groups in total. The highest BCUT2D eigenvalue weighted by molar-refractivity contribution is 8.02. The smallest absolute Gasteiger partial charge is 0.408 e. The summed E-state index contributed by atoms with van der Waals surface area (Å²) in [4.78, 5) is 80.8. The first kappa shape index (κ1) is 33.7. The number of hydrogen-bond donors (Lipinski definition) is 2. The molecular weight excluding hydrogens is 661 g/mol. The first-order chi connectivity index (χ1) is 22.8. The number of hydrogen-bond acceptors (Lipinski definition) is 11. The van der Waals surface area contributed by atoms with Crippen LogP contribution in [0.3, 0.4) is 0 Å². The van der Waals surface area contributed by atoms with Crippen LogP contribution < -0.4 is 10.6 Å². The third kappa shape index (κ3) is 6.32. The molecule has 4 saturated heterocycles. The fourth-order valence-corrected chi connectivity index (χ4v) is 9.69. The summed E-state index contributed by atoms with van der Waals surface area (Å²) < 4.78 is 14.6. The monoisotopic (exact) mass is 696 g/mol. The zero-order chi connectivity index (χ0) is 34.4. The highest BCUT2D eigenvalue weighted by atomic mass is 32.2. The molecule has 1 unspecified atom stereocenters. The number of nitrogens with zero attached hydrogens (tertiary/aromatic N) is 2. The number of esters is 2. The molecule has 0 bridgehead atoms. The Labute approximate surface area is 285 Å². The highest BCUT2D eigenvalue weighted by Gasteiger charge is 2.65. The molecular formula is C33H36N4O9S2. The molecule has 0 radical (unpaired) electrons. The minimum atomic E-state index is -1.16. The molecule has 6 atom stereocenters. The summed E-state index contributed by atoms with van der Waals surface area (Å²) in [6, 6.07) is 13.7. The molecule has 4 amide bonds. The van der Waals surface area contributed by atoms with E-state index >= 15 is 0 Å². The largest absolute Gasteiger partial charge is 0.445 e. The van der Waals surface area contributed by atoms with Gasteiger partial charge in [0.05, 0.1) is 11.8 Å². The normalized spacial score (nSPS) is 26.6. The van der Waals surface area contributed by atoms with Crippen LogP contribution in [0.25, 0.3) is 0 Å². The molecule has 4 heterocycles. The molecule has 4 aliphatic heterocycles. The van der Waals surface area contributed by atoms with Crippen LogP contribution in [0.2, 0.25) is 0 Å². The first-order valence-electron chi connectivity index (χ1n) is 15.4. The van der Waals surface area contributed by atoms with E-state index in [9.17, 15) is 28.8 Å². The Morgan fingerprint density at radius 1 is 0.833 bits per heavy atom. The predicted octanol–water partition coefficient (Wildman–Crippen LogP) is 2.70. The van der Waals surface area contributed by atoms with Gasteiger partial charge in [0, 0.05) is 9.49 Å². The lowest BCUT2D eigenvalue weighted by atomic mass is 9.95. The second kappa shape index (κ2) is 13.0. The van der Waals surface area contributed by atoms with Gasteiger partial charge in [-0.15, -0.1) is 23.5 Å². The van der Waals surface area contributed by atoms with Crippen molar-refractivity contribution in [2.24, 2.45) is 0 Å². The number of carbonyl (C=O) groups excluding carboxylic acids is 6. The molecule has 13 nitrogen and oxygen atoms in total. The number of nitrogens with one attached hydrogen (secondary N) is 2. The fourth-order valence-electron chi connectivity index (χ4n) is 6.45. The molecule has 0 spiro atoms. The summed E-state index contributed by atoms with van der Waals surface area (Å²) in [5, 5.41) is 4.70. The minimum Gasteiger partial charge on any atom is -0.445 e. The van der Waals surface area contributed by atoms with Crippen LogP contribution in [-0.2, 0) is 44.8 Å². The van der Waals surface area contributed by atoms with Crippen molar-refractivity contribution >= 4 is 59.3 Å². The van der Waals surface area contributed by atoms with Crippen molar-refractivity contribution in [2.75, 3.05) is 6.79 Å². The number of β-lactam (4-membered cyclic amide) rings is 2. The number of alkyl carbamates (subject to hydrolysis) is 1. The molecule has 2 aromatic rings. The maximum Gasteiger partial charge on any atom is 0.408 e. The fraction of sp³-hybridized carbons (Fsp3) is 0.455. The van der Waals surface area contributed by atoms with Gasteiger partial charge in [-0.05, 0) is 38.8 Å². The molecule has 254 valence electrons. The second-order valence-corrected chi connectivity index (χ2v) is 16.5. The highest BCUT2D eigenvalue weighted by Crippen LogP contribution is 2.52. The van der Waals surface area contributed by atoms with E-state index in [4.69, 9.17) is 14.2 Å². The van der Waals surface area contributed by atoms with Crippen LogP contribution in [0.4, 0.5) is 4.79 Å². The summed E-state index contributed by atoms with van der Waals surface area (Å²) in [5.74, 6) is -2.66. The lowest BCUT2D eigenvalue weighted by Crippen LogP contribution is -2.71. The number of fused-ring (bicyclic) bond motifs is 2. The van der Waals surface area contributed by atoms with Gasteiger partial charge in [0.25, 0.3) is 0 Å². The quantitative estimate of drug-likeness (QED) is 0.214. The van der Waals surface area contributed by atoms with Gasteiger partial charge < -0.3 is 34.6 Å². The van der Waals surface area contributed by atoms with E-state index in [-0.39, 0.29) is 17.9 Å². The van der Waals surface area contributed by atoms with Crippen molar-refractivity contribution in [3.63, 3.8) is 0 Å². The van der Waals surface area contributed by atoms with Gasteiger partial charge in [-0.25, -0.2) is 14.4 Å². The summed E-state index contributed by atoms with van der Waals surface area (Å²) in [6.07, 6.45) is -0.436. The third-order valence-corrected chi connectivity index (χ3v) is 11.8. The molecule has 4 aliphatic rings. The molecule has 0 aliphatic carbocycles. The van der Waals surface area contributed by atoms with Crippen molar-refractivity contribution in [3.05, 3.63) is 71.8 Å². The Hall–Kier alpha value is -4.24. The molecule has 2 aromatic carbocycles. The average Bonchev–Trinajstić information content (AvgIpc) is 3.44. The molecule has 6 rings (SSSR count). The number of carbonyl (C=O) groups is 6. The molecule has 15 heteroatoms. The maximum absolute atomic E-state index is 13.6. The van der Waals surface area contributed by atoms with E-state index in [0.29, 0.717) is 12.0 Å². The molecule has 48 heavy (non-hydrogen) atoms. The topological polar surface area (TPSA) is 161 Å². The SMILES string of the molecule is CC1(C)S[C@@H]2[C@H](NC(=O)C(NC(=O)OCc3ccccc3)c3ccccc3)C(=O)N2[C@H]1C(=O)OCOC(=O)[C@@H]1N2C(=O)C[C@H]2SC1(C)C. The number of benzene rings is 2. The lowest BCUT2D eigenvalue weighted by molar-refractivity contribution is -0.181. The lowest BCUT2D eigenvalue weighted by Gasteiger charge is -2.44. The summed E-state index contributed by atoms with van der Waals surface area (Å²) in [6.45, 7) is 6.62. The first-order valence-corrected chi connectivity index (χ1v) is 17.2. The second-order valence-electron chi connectivity index (χ2n) is 12.9. The van der Waals surface area contributed by atoms with Gasteiger partial charge in [0.1, 0.15) is 36.1 Å². The van der Waals surface area contributed by atoms with Crippen molar-refractivity contribution in [3.8, 4) is 0 Å². The van der Waals surface area contributed by atoms with Crippen molar-refractivity contribution in [2.45, 2.75) is 85.1 Å². The van der Waals surface area contributed by atoms with E-state index in [2.05, 4.69) is 10.6 Å². The third-order valence-electron chi connectivity index (χ3n) is 8.78. The van der Waals surface area contributed by atoms with Crippen LogP contribution >= 0.6 is 23.5 Å². The van der Waals surface area contributed by atoms with Gasteiger partial charge >= 0.3 is 18.0 Å².